The molecule has 1 fully saturated rings. The minimum Gasteiger partial charge on any atom is -0.457 e. The molecule has 4 rings (SSSR count). The van der Waals surface area contributed by atoms with Crippen LogP contribution in [0, 0.1) is 6.92 Å². The second-order valence-corrected chi connectivity index (χ2v) is 9.40. The third-order valence-corrected chi connectivity index (χ3v) is 6.92. The van der Waals surface area contributed by atoms with Crippen LogP contribution in [0.5, 0.6) is 0 Å². The number of halogens is 2. The van der Waals surface area contributed by atoms with Crippen LogP contribution in [-0.4, -0.2) is 22.5 Å². The number of carbonyl (C=O) groups excluding carboxylic acids is 1. The maximum Gasteiger partial charge on any atom is 0.266 e. The van der Waals surface area contributed by atoms with Crippen molar-refractivity contribution in [2.45, 2.75) is 20.3 Å². The van der Waals surface area contributed by atoms with E-state index in [-0.39, 0.29) is 5.91 Å². The summed E-state index contributed by atoms with van der Waals surface area (Å²) in [5.74, 6) is 1.27. The number of amidine groups is 1. The first-order valence-electron chi connectivity index (χ1n) is 9.86. The first-order valence-corrected chi connectivity index (χ1v) is 11.9. The number of aliphatic imine (C=N–C) groups is 1. The van der Waals surface area contributed by atoms with Crippen LogP contribution in [0.25, 0.3) is 17.4 Å². The van der Waals surface area contributed by atoms with Gasteiger partial charge in [0, 0.05) is 22.7 Å². The number of furan rings is 1. The van der Waals surface area contributed by atoms with Gasteiger partial charge in [-0.25, -0.2) is 4.99 Å². The Labute approximate surface area is 199 Å². The average Bonchev–Trinajstić information content (AvgIpc) is 3.33. The third-order valence-electron chi connectivity index (χ3n) is 4.70. The molecule has 0 aliphatic carbocycles. The van der Waals surface area contributed by atoms with E-state index in [1.165, 1.54) is 17.3 Å². The van der Waals surface area contributed by atoms with E-state index in [0.29, 0.717) is 33.2 Å². The number of aryl methyl sites for hydroxylation is 1. The van der Waals surface area contributed by atoms with Crippen LogP contribution in [0.4, 0.5) is 5.69 Å². The minimum absolute atomic E-state index is 0.0510. The van der Waals surface area contributed by atoms with Gasteiger partial charge in [-0.05, 0) is 83.5 Å². The molecule has 3 aromatic rings. The summed E-state index contributed by atoms with van der Waals surface area (Å²) in [4.78, 5) is 20.0. The van der Waals surface area contributed by atoms with E-state index >= 15 is 0 Å². The van der Waals surface area contributed by atoms with Gasteiger partial charge in [-0.15, -0.1) is 0 Å². The van der Waals surface area contributed by atoms with E-state index < -0.39 is 0 Å². The second kappa shape index (κ2) is 9.47. The number of hydrogen-bond donors (Lipinski definition) is 0. The maximum absolute atomic E-state index is 13.0. The Bertz CT molecular complexity index is 1180. The van der Waals surface area contributed by atoms with Crippen LogP contribution >= 0.6 is 39.3 Å². The second-order valence-electron chi connectivity index (χ2n) is 7.13. The van der Waals surface area contributed by atoms with Crippen molar-refractivity contribution in [1.29, 1.82) is 0 Å². The van der Waals surface area contributed by atoms with Crippen molar-refractivity contribution in [1.82, 2.24) is 4.90 Å². The number of hydrogen-bond acceptors (Lipinski definition) is 4. The van der Waals surface area contributed by atoms with E-state index in [2.05, 4.69) is 15.9 Å². The molecule has 1 saturated heterocycles. The van der Waals surface area contributed by atoms with Crippen molar-refractivity contribution in [3.8, 4) is 11.3 Å². The summed E-state index contributed by atoms with van der Waals surface area (Å²) in [6.45, 7) is 4.71. The van der Waals surface area contributed by atoms with Crippen LogP contribution < -0.4 is 0 Å². The Balaban J connectivity index is 1.61. The summed E-state index contributed by atoms with van der Waals surface area (Å²) in [6.07, 6.45) is 2.63. The lowest BCUT2D eigenvalue weighted by molar-refractivity contribution is -0.122. The van der Waals surface area contributed by atoms with E-state index in [1.54, 1.807) is 11.0 Å². The summed E-state index contributed by atoms with van der Waals surface area (Å²) in [5.41, 5.74) is 2.91. The van der Waals surface area contributed by atoms with E-state index in [1.807, 2.05) is 68.4 Å². The zero-order valence-corrected chi connectivity index (χ0v) is 20.2. The zero-order chi connectivity index (χ0) is 22.0. The molecule has 7 heteroatoms. The van der Waals surface area contributed by atoms with Crippen LogP contribution in [0.3, 0.4) is 0 Å². The Morgan fingerprint density at radius 2 is 1.94 bits per heavy atom. The summed E-state index contributed by atoms with van der Waals surface area (Å²) in [6, 6.07) is 17.3. The fraction of sp³-hybridized carbons (Fsp3) is 0.167. The molecule has 0 N–H and O–H groups in total. The monoisotopic (exact) mass is 514 g/mol. The Morgan fingerprint density at radius 1 is 1.16 bits per heavy atom. The Hall–Kier alpha value is -2.28. The van der Waals surface area contributed by atoms with Gasteiger partial charge in [0.05, 0.1) is 15.6 Å². The van der Waals surface area contributed by atoms with Crippen molar-refractivity contribution >= 4 is 62.1 Å². The van der Waals surface area contributed by atoms with Crippen molar-refractivity contribution in [3.05, 3.63) is 80.3 Å². The van der Waals surface area contributed by atoms with E-state index in [9.17, 15) is 4.79 Å². The molecule has 1 amide bonds. The van der Waals surface area contributed by atoms with Crippen molar-refractivity contribution in [2.75, 3.05) is 6.54 Å². The molecule has 1 aromatic heterocycles. The summed E-state index contributed by atoms with van der Waals surface area (Å²) < 4.78 is 6.77. The van der Waals surface area contributed by atoms with Gasteiger partial charge < -0.3 is 4.42 Å². The molecule has 2 aromatic carbocycles. The first kappa shape index (κ1) is 21.9. The van der Waals surface area contributed by atoms with Crippen molar-refractivity contribution in [3.63, 3.8) is 0 Å². The predicted molar refractivity (Wildman–Crippen MR) is 133 cm³/mol. The number of nitrogens with zero attached hydrogens (tertiary/aromatic N) is 2. The van der Waals surface area contributed by atoms with Crippen molar-refractivity contribution in [2.24, 2.45) is 4.99 Å². The number of rotatable bonds is 5. The van der Waals surface area contributed by atoms with Crippen LogP contribution in [0.1, 0.15) is 24.7 Å². The topological polar surface area (TPSA) is 45.8 Å². The highest BCUT2D eigenvalue weighted by Crippen LogP contribution is 2.36. The third kappa shape index (κ3) is 4.97. The van der Waals surface area contributed by atoms with Gasteiger partial charge in [0.25, 0.3) is 5.91 Å². The summed E-state index contributed by atoms with van der Waals surface area (Å²) in [7, 11) is 0. The molecular weight excluding hydrogens is 496 g/mol. The maximum atomic E-state index is 13.0. The molecule has 31 heavy (non-hydrogen) atoms. The number of amides is 1. The van der Waals surface area contributed by atoms with E-state index in [4.69, 9.17) is 21.0 Å². The van der Waals surface area contributed by atoms with E-state index in [0.717, 1.165) is 22.1 Å². The average molecular weight is 516 g/mol. The fourth-order valence-corrected chi connectivity index (χ4v) is 4.61. The molecule has 1 aliphatic rings. The number of benzene rings is 2. The molecule has 0 atom stereocenters. The predicted octanol–water partition coefficient (Wildman–Crippen LogP) is 7.68. The summed E-state index contributed by atoms with van der Waals surface area (Å²) >= 11 is 10.9. The molecule has 0 unspecified atom stereocenters. The lowest BCUT2D eigenvalue weighted by Crippen LogP contribution is -2.29. The largest absolute Gasteiger partial charge is 0.457 e. The minimum atomic E-state index is -0.0510. The Kier molecular flexibility index (Phi) is 6.70. The highest BCUT2D eigenvalue weighted by Gasteiger charge is 2.33. The molecule has 2 heterocycles. The standard InChI is InChI=1S/C24H20BrClN2O2S/c1-3-12-28-23(29)22(31-24(28)27-17-7-4-15(2)5-8-17)14-18-9-11-21(30-18)16-6-10-20(26)19(25)13-16/h4-11,13-14H,3,12H2,1-2H3/b22-14+,27-24?. The van der Waals surface area contributed by atoms with Crippen LogP contribution in [0.15, 0.2) is 73.4 Å². The van der Waals surface area contributed by atoms with Gasteiger partial charge in [0.15, 0.2) is 5.17 Å². The summed E-state index contributed by atoms with van der Waals surface area (Å²) in [5, 5.41) is 1.33. The molecule has 0 radical (unpaired) electrons. The van der Waals surface area contributed by atoms with Gasteiger partial charge >= 0.3 is 0 Å². The highest BCUT2D eigenvalue weighted by molar-refractivity contribution is 9.10. The number of thioether (sulfide) groups is 1. The van der Waals surface area contributed by atoms with Gasteiger partial charge in [-0.1, -0.05) is 36.2 Å². The SMILES string of the molecule is CCCN1C(=O)/C(=C\c2ccc(-c3ccc(Cl)c(Br)c3)o2)SC1=Nc1ccc(C)cc1. The molecule has 0 bridgehead atoms. The molecule has 0 spiro atoms. The van der Waals surface area contributed by atoms with Crippen LogP contribution in [0.2, 0.25) is 5.02 Å². The molecule has 158 valence electrons. The van der Waals surface area contributed by atoms with Gasteiger partial charge in [0.2, 0.25) is 0 Å². The van der Waals surface area contributed by atoms with Crippen LogP contribution in [-0.2, 0) is 4.79 Å². The van der Waals surface area contributed by atoms with Gasteiger partial charge in [-0.2, -0.15) is 0 Å². The molecular formula is C24H20BrClN2O2S. The zero-order valence-electron chi connectivity index (χ0n) is 17.1. The van der Waals surface area contributed by atoms with Crippen molar-refractivity contribution < 1.29 is 9.21 Å². The molecule has 0 saturated carbocycles. The smallest absolute Gasteiger partial charge is 0.266 e. The Morgan fingerprint density at radius 3 is 2.65 bits per heavy atom. The first-order chi connectivity index (χ1) is 14.9. The quantitative estimate of drug-likeness (QED) is 0.327. The number of carbonyl (C=O) groups is 1. The lowest BCUT2D eigenvalue weighted by atomic mass is 10.2. The fourth-order valence-electron chi connectivity index (χ4n) is 3.11. The lowest BCUT2D eigenvalue weighted by Gasteiger charge is -2.13. The highest BCUT2D eigenvalue weighted by atomic mass is 79.9. The van der Waals surface area contributed by atoms with Gasteiger partial charge in [0.1, 0.15) is 11.5 Å². The molecule has 1 aliphatic heterocycles. The molecule has 4 nitrogen and oxygen atoms in total. The van der Waals surface area contributed by atoms with Gasteiger partial charge in [-0.3, -0.25) is 9.69 Å². The normalized spacial score (nSPS) is 16.6.